The lowest BCUT2D eigenvalue weighted by Crippen LogP contribution is -2.32. The first-order valence-corrected chi connectivity index (χ1v) is 7.75. The highest BCUT2D eigenvalue weighted by Gasteiger charge is 2.15. The van der Waals surface area contributed by atoms with Gasteiger partial charge in [0.05, 0.1) is 11.0 Å². The van der Waals surface area contributed by atoms with Crippen LogP contribution in [0.3, 0.4) is 0 Å². The SMILES string of the molecule is CCCN(CC#N)C(=O)c1ccc(S(C)(=O)=O)cc1. The minimum atomic E-state index is -3.26. The Kier molecular flexibility index (Phi) is 5.07. The quantitative estimate of drug-likeness (QED) is 0.765. The van der Waals surface area contributed by atoms with E-state index < -0.39 is 9.84 Å². The third kappa shape index (κ3) is 4.07. The number of nitrogens with zero attached hydrogens (tertiary/aromatic N) is 2. The number of carbonyl (C=O) groups is 1. The van der Waals surface area contributed by atoms with Crippen LogP contribution in [-0.4, -0.2) is 38.6 Å². The second-order valence-electron chi connectivity index (χ2n) is 4.18. The van der Waals surface area contributed by atoms with Crippen LogP contribution in [0.5, 0.6) is 0 Å². The number of benzene rings is 1. The van der Waals surface area contributed by atoms with Crippen LogP contribution < -0.4 is 0 Å². The van der Waals surface area contributed by atoms with E-state index in [1.807, 2.05) is 13.0 Å². The number of nitriles is 1. The van der Waals surface area contributed by atoms with Gasteiger partial charge in [0.1, 0.15) is 6.54 Å². The summed E-state index contributed by atoms with van der Waals surface area (Å²) < 4.78 is 22.6. The van der Waals surface area contributed by atoms with Gasteiger partial charge in [0.25, 0.3) is 5.91 Å². The third-order valence-corrected chi connectivity index (χ3v) is 3.70. The Morgan fingerprint density at radius 2 is 1.89 bits per heavy atom. The number of rotatable bonds is 5. The monoisotopic (exact) mass is 280 g/mol. The molecular weight excluding hydrogens is 264 g/mol. The molecule has 6 heteroatoms. The maximum Gasteiger partial charge on any atom is 0.254 e. The van der Waals surface area contributed by atoms with E-state index >= 15 is 0 Å². The van der Waals surface area contributed by atoms with Gasteiger partial charge in [-0.15, -0.1) is 0 Å². The lowest BCUT2D eigenvalue weighted by molar-refractivity contribution is 0.0776. The first kappa shape index (κ1) is 15.2. The highest BCUT2D eigenvalue weighted by Crippen LogP contribution is 2.12. The number of hydrogen-bond acceptors (Lipinski definition) is 4. The largest absolute Gasteiger partial charge is 0.325 e. The lowest BCUT2D eigenvalue weighted by atomic mass is 10.2. The molecule has 0 bridgehead atoms. The molecule has 1 rings (SSSR count). The molecule has 0 fully saturated rings. The van der Waals surface area contributed by atoms with Crippen LogP contribution in [0.25, 0.3) is 0 Å². The summed E-state index contributed by atoms with van der Waals surface area (Å²) >= 11 is 0. The van der Waals surface area contributed by atoms with Crippen molar-refractivity contribution in [3.8, 4) is 6.07 Å². The van der Waals surface area contributed by atoms with Crippen molar-refractivity contribution >= 4 is 15.7 Å². The van der Waals surface area contributed by atoms with Gasteiger partial charge in [-0.05, 0) is 30.7 Å². The van der Waals surface area contributed by atoms with E-state index in [1.165, 1.54) is 29.2 Å². The van der Waals surface area contributed by atoms with Gasteiger partial charge in [0, 0.05) is 18.4 Å². The Hall–Kier alpha value is -1.87. The average Bonchev–Trinajstić information content (AvgIpc) is 2.37. The molecular formula is C13H16N2O3S. The highest BCUT2D eigenvalue weighted by atomic mass is 32.2. The van der Waals surface area contributed by atoms with Crippen LogP contribution in [0.15, 0.2) is 29.2 Å². The topological polar surface area (TPSA) is 78.2 Å². The van der Waals surface area contributed by atoms with Crippen LogP contribution in [0.1, 0.15) is 23.7 Å². The lowest BCUT2D eigenvalue weighted by Gasteiger charge is -2.18. The molecule has 0 aliphatic carbocycles. The van der Waals surface area contributed by atoms with Crippen molar-refractivity contribution in [3.63, 3.8) is 0 Å². The summed E-state index contributed by atoms with van der Waals surface area (Å²) in [6, 6.07) is 7.69. The van der Waals surface area contributed by atoms with E-state index in [0.717, 1.165) is 12.7 Å². The normalized spacial score (nSPS) is 10.8. The van der Waals surface area contributed by atoms with Crippen molar-refractivity contribution in [2.24, 2.45) is 0 Å². The standard InChI is InChI=1S/C13H16N2O3S/c1-3-9-15(10-8-14)13(16)11-4-6-12(7-5-11)19(2,17)18/h4-7H,3,9-10H2,1-2H3. The molecule has 0 aliphatic heterocycles. The van der Waals surface area contributed by atoms with Crippen LogP contribution in [0.4, 0.5) is 0 Å². The zero-order valence-electron chi connectivity index (χ0n) is 11.0. The Labute approximate surface area is 113 Å². The Balaban J connectivity index is 2.97. The van der Waals surface area contributed by atoms with E-state index in [-0.39, 0.29) is 17.3 Å². The molecule has 0 aromatic heterocycles. The van der Waals surface area contributed by atoms with E-state index in [1.54, 1.807) is 0 Å². The molecule has 0 radical (unpaired) electrons. The first-order valence-electron chi connectivity index (χ1n) is 5.86. The maximum atomic E-state index is 12.1. The molecule has 1 amide bonds. The predicted octanol–water partition coefficient (Wildman–Crippen LogP) is 1.47. The molecule has 0 atom stereocenters. The van der Waals surface area contributed by atoms with Crippen molar-refractivity contribution in [3.05, 3.63) is 29.8 Å². The third-order valence-electron chi connectivity index (χ3n) is 2.57. The summed E-state index contributed by atoms with van der Waals surface area (Å²) in [5.41, 5.74) is 0.385. The Morgan fingerprint density at radius 3 is 2.32 bits per heavy atom. The molecule has 5 nitrogen and oxygen atoms in total. The minimum absolute atomic E-state index is 0.0283. The molecule has 1 aromatic carbocycles. The van der Waals surface area contributed by atoms with Gasteiger partial charge in [-0.2, -0.15) is 5.26 Å². The molecule has 0 saturated heterocycles. The highest BCUT2D eigenvalue weighted by molar-refractivity contribution is 7.90. The summed E-state index contributed by atoms with van der Waals surface area (Å²) in [7, 11) is -3.26. The Morgan fingerprint density at radius 1 is 1.32 bits per heavy atom. The van der Waals surface area contributed by atoms with Crippen molar-refractivity contribution in [2.75, 3.05) is 19.3 Å². The molecule has 0 heterocycles. The molecule has 0 N–H and O–H groups in total. The fourth-order valence-electron chi connectivity index (χ4n) is 1.63. The molecule has 1 aromatic rings. The van der Waals surface area contributed by atoms with E-state index in [2.05, 4.69) is 0 Å². The smallest absolute Gasteiger partial charge is 0.254 e. The van der Waals surface area contributed by atoms with E-state index in [9.17, 15) is 13.2 Å². The zero-order valence-corrected chi connectivity index (χ0v) is 11.8. The van der Waals surface area contributed by atoms with Crippen LogP contribution in [0, 0.1) is 11.3 Å². The second kappa shape index (κ2) is 6.34. The molecule has 19 heavy (non-hydrogen) atoms. The zero-order chi connectivity index (χ0) is 14.5. The first-order chi connectivity index (χ1) is 8.90. The summed E-state index contributed by atoms with van der Waals surface area (Å²) in [6.45, 7) is 2.45. The van der Waals surface area contributed by atoms with Crippen LogP contribution in [-0.2, 0) is 9.84 Å². The second-order valence-corrected chi connectivity index (χ2v) is 6.20. The molecule has 0 unspecified atom stereocenters. The fourth-order valence-corrected chi connectivity index (χ4v) is 2.27. The van der Waals surface area contributed by atoms with E-state index in [4.69, 9.17) is 5.26 Å². The minimum Gasteiger partial charge on any atom is -0.325 e. The van der Waals surface area contributed by atoms with Crippen molar-refractivity contribution in [1.82, 2.24) is 4.90 Å². The van der Waals surface area contributed by atoms with Gasteiger partial charge in [-0.25, -0.2) is 8.42 Å². The van der Waals surface area contributed by atoms with E-state index in [0.29, 0.717) is 12.1 Å². The average molecular weight is 280 g/mol. The van der Waals surface area contributed by atoms with Crippen molar-refractivity contribution in [2.45, 2.75) is 18.2 Å². The fraction of sp³-hybridized carbons (Fsp3) is 0.385. The number of amides is 1. The predicted molar refractivity (Wildman–Crippen MR) is 71.4 cm³/mol. The summed E-state index contributed by atoms with van der Waals surface area (Å²) in [5, 5.41) is 8.69. The summed E-state index contributed by atoms with van der Waals surface area (Å²) in [5.74, 6) is -0.261. The maximum absolute atomic E-state index is 12.1. The van der Waals surface area contributed by atoms with Gasteiger partial charge in [0.2, 0.25) is 0 Å². The van der Waals surface area contributed by atoms with Crippen molar-refractivity contribution in [1.29, 1.82) is 5.26 Å². The summed E-state index contributed by atoms with van der Waals surface area (Å²) in [4.78, 5) is 13.7. The summed E-state index contributed by atoms with van der Waals surface area (Å²) in [6.07, 6.45) is 1.87. The van der Waals surface area contributed by atoms with Gasteiger partial charge in [-0.1, -0.05) is 6.92 Å². The van der Waals surface area contributed by atoms with Gasteiger partial charge in [-0.3, -0.25) is 4.79 Å². The van der Waals surface area contributed by atoms with Crippen LogP contribution in [0.2, 0.25) is 0 Å². The molecule has 0 aliphatic rings. The van der Waals surface area contributed by atoms with Gasteiger partial charge >= 0.3 is 0 Å². The molecule has 0 saturated carbocycles. The number of carbonyl (C=O) groups excluding carboxylic acids is 1. The number of hydrogen-bond donors (Lipinski definition) is 0. The number of sulfone groups is 1. The van der Waals surface area contributed by atoms with Crippen molar-refractivity contribution < 1.29 is 13.2 Å². The molecule has 102 valence electrons. The van der Waals surface area contributed by atoms with Crippen LogP contribution >= 0.6 is 0 Å². The van der Waals surface area contributed by atoms with Gasteiger partial charge in [0.15, 0.2) is 9.84 Å². The Bertz CT molecular complexity index is 585. The van der Waals surface area contributed by atoms with Gasteiger partial charge < -0.3 is 4.90 Å². The molecule has 0 spiro atoms.